The predicted octanol–water partition coefficient (Wildman–Crippen LogP) is 3.97. The first-order chi connectivity index (χ1) is 12.5. The molecule has 1 aliphatic rings. The summed E-state index contributed by atoms with van der Waals surface area (Å²) in [6.45, 7) is 2.24. The van der Waals surface area contributed by atoms with E-state index in [-0.39, 0.29) is 10.2 Å². The summed E-state index contributed by atoms with van der Waals surface area (Å²) >= 11 is 7.24. The van der Waals surface area contributed by atoms with Gasteiger partial charge in [-0.2, -0.15) is 0 Å². The molecule has 0 amide bonds. The average Bonchev–Trinajstić information content (AvgIpc) is 3.27. The van der Waals surface area contributed by atoms with Crippen molar-refractivity contribution in [3.63, 3.8) is 0 Å². The zero-order valence-electron chi connectivity index (χ0n) is 13.9. The maximum Gasteiger partial charge on any atom is 0.266 e. The molecule has 10 heteroatoms. The molecule has 0 saturated carbocycles. The van der Waals surface area contributed by atoms with Crippen molar-refractivity contribution >= 4 is 43.8 Å². The van der Waals surface area contributed by atoms with Gasteiger partial charge in [-0.1, -0.05) is 11.6 Å². The lowest BCUT2D eigenvalue weighted by atomic mass is 10.0. The molecule has 6 nitrogen and oxygen atoms in total. The summed E-state index contributed by atoms with van der Waals surface area (Å²) in [6, 6.07) is 2.22. The van der Waals surface area contributed by atoms with Crippen LogP contribution in [0.3, 0.4) is 0 Å². The van der Waals surface area contributed by atoms with Gasteiger partial charge >= 0.3 is 0 Å². The number of anilines is 2. The second kappa shape index (κ2) is 8.51. The average molecular weight is 420 g/mol. The van der Waals surface area contributed by atoms with Gasteiger partial charge in [0.15, 0.2) is 5.13 Å². The van der Waals surface area contributed by atoms with E-state index in [0.717, 1.165) is 55.9 Å². The summed E-state index contributed by atoms with van der Waals surface area (Å²) in [5, 5.41) is 4.99. The third kappa shape index (κ3) is 4.85. The molecule has 0 radical (unpaired) electrons. The van der Waals surface area contributed by atoms with Crippen LogP contribution >= 0.6 is 22.9 Å². The van der Waals surface area contributed by atoms with Crippen LogP contribution in [0.1, 0.15) is 19.3 Å². The number of ether oxygens (including phenoxy) is 1. The third-order valence-corrected chi connectivity index (χ3v) is 6.58. The van der Waals surface area contributed by atoms with E-state index >= 15 is 0 Å². The SMILES string of the molecule is O=S(=O)(Nc1nccs1)c1cc(Cl)c(NCCCC2CCOC2)cc1F. The Hall–Kier alpha value is -1.42. The molecule has 0 aliphatic carbocycles. The molecule has 3 rings (SSSR count). The fraction of sp³-hybridized carbons (Fsp3) is 0.438. The first kappa shape index (κ1) is 19.3. The van der Waals surface area contributed by atoms with Crippen molar-refractivity contribution in [1.29, 1.82) is 0 Å². The number of hydrogen-bond donors (Lipinski definition) is 2. The highest BCUT2D eigenvalue weighted by molar-refractivity contribution is 7.93. The monoisotopic (exact) mass is 419 g/mol. The summed E-state index contributed by atoms with van der Waals surface area (Å²) in [6.07, 6.45) is 4.46. The van der Waals surface area contributed by atoms with Gasteiger partial charge in [0.1, 0.15) is 10.7 Å². The molecule has 0 bridgehead atoms. The Morgan fingerprint density at radius 1 is 1.42 bits per heavy atom. The van der Waals surface area contributed by atoms with Gasteiger partial charge in [0, 0.05) is 31.3 Å². The molecule has 1 aromatic carbocycles. The number of rotatable bonds is 8. The Morgan fingerprint density at radius 2 is 2.27 bits per heavy atom. The molecular formula is C16H19ClFN3O3S2. The Morgan fingerprint density at radius 3 is 2.96 bits per heavy atom. The second-order valence-electron chi connectivity index (χ2n) is 6.00. The second-order valence-corrected chi connectivity index (χ2v) is 8.96. The molecule has 2 aromatic rings. The fourth-order valence-electron chi connectivity index (χ4n) is 2.74. The lowest BCUT2D eigenvalue weighted by Crippen LogP contribution is -2.15. The van der Waals surface area contributed by atoms with Crippen molar-refractivity contribution in [2.24, 2.45) is 5.92 Å². The zero-order valence-corrected chi connectivity index (χ0v) is 16.3. The highest BCUT2D eigenvalue weighted by atomic mass is 35.5. The number of nitrogens with zero attached hydrogens (tertiary/aromatic N) is 1. The number of nitrogens with one attached hydrogen (secondary N) is 2. The Labute approximate surface area is 160 Å². The van der Waals surface area contributed by atoms with Crippen LogP contribution in [0.5, 0.6) is 0 Å². The number of hydrogen-bond acceptors (Lipinski definition) is 6. The molecular weight excluding hydrogens is 401 g/mol. The molecule has 2 heterocycles. The number of sulfonamides is 1. The molecule has 1 unspecified atom stereocenters. The van der Waals surface area contributed by atoms with E-state index in [1.54, 1.807) is 5.38 Å². The molecule has 26 heavy (non-hydrogen) atoms. The normalized spacial score (nSPS) is 17.4. The minimum absolute atomic E-state index is 0.148. The van der Waals surface area contributed by atoms with Gasteiger partial charge in [-0.3, -0.25) is 4.72 Å². The van der Waals surface area contributed by atoms with Crippen LogP contribution in [0.15, 0.2) is 28.6 Å². The van der Waals surface area contributed by atoms with Crippen LogP contribution in [0, 0.1) is 11.7 Å². The van der Waals surface area contributed by atoms with Gasteiger partial charge in [-0.25, -0.2) is 17.8 Å². The number of thiazole rings is 1. The van der Waals surface area contributed by atoms with Gasteiger partial charge in [0.05, 0.1) is 10.7 Å². The highest BCUT2D eigenvalue weighted by Crippen LogP contribution is 2.29. The van der Waals surface area contributed by atoms with E-state index in [4.69, 9.17) is 16.3 Å². The van der Waals surface area contributed by atoms with E-state index in [0.29, 0.717) is 18.2 Å². The van der Waals surface area contributed by atoms with Crippen LogP contribution in [-0.4, -0.2) is 33.2 Å². The van der Waals surface area contributed by atoms with Crippen LogP contribution in [-0.2, 0) is 14.8 Å². The van der Waals surface area contributed by atoms with Gasteiger partial charge in [-0.05, 0) is 37.3 Å². The lowest BCUT2D eigenvalue weighted by Gasteiger charge is -2.13. The maximum atomic E-state index is 14.4. The van der Waals surface area contributed by atoms with Crippen molar-refractivity contribution in [3.05, 3.63) is 34.5 Å². The minimum Gasteiger partial charge on any atom is -0.384 e. The molecule has 1 fully saturated rings. The fourth-order valence-corrected chi connectivity index (χ4v) is 4.91. The van der Waals surface area contributed by atoms with Crippen LogP contribution in [0.4, 0.5) is 15.2 Å². The third-order valence-electron chi connectivity index (χ3n) is 4.09. The Bertz CT molecular complexity index is 841. The molecule has 1 saturated heterocycles. The lowest BCUT2D eigenvalue weighted by molar-refractivity contribution is 0.184. The Kier molecular flexibility index (Phi) is 6.33. The molecule has 1 aliphatic heterocycles. The van der Waals surface area contributed by atoms with Crippen molar-refractivity contribution in [3.8, 4) is 0 Å². The standard InChI is InChI=1S/C16H19ClFN3O3S2/c17-12-8-15(26(22,23)21-16-20-5-7-25-16)13(18)9-14(12)19-4-1-2-11-3-6-24-10-11/h5,7-9,11,19H,1-4,6,10H2,(H,20,21). The molecule has 0 spiro atoms. The number of benzene rings is 1. The van der Waals surface area contributed by atoms with Crippen molar-refractivity contribution < 1.29 is 17.5 Å². The number of aromatic nitrogens is 1. The molecule has 142 valence electrons. The van der Waals surface area contributed by atoms with E-state index in [9.17, 15) is 12.8 Å². The summed E-state index contributed by atoms with van der Waals surface area (Å²) in [4.78, 5) is 3.32. The van der Waals surface area contributed by atoms with Gasteiger partial charge in [-0.15, -0.1) is 11.3 Å². The summed E-state index contributed by atoms with van der Waals surface area (Å²) in [5.41, 5.74) is 0.375. The van der Waals surface area contributed by atoms with E-state index in [1.165, 1.54) is 6.20 Å². The van der Waals surface area contributed by atoms with Gasteiger partial charge in [0.2, 0.25) is 0 Å². The first-order valence-electron chi connectivity index (χ1n) is 8.18. The van der Waals surface area contributed by atoms with E-state index in [2.05, 4.69) is 15.0 Å². The van der Waals surface area contributed by atoms with Crippen molar-refractivity contribution in [2.75, 3.05) is 29.8 Å². The largest absolute Gasteiger partial charge is 0.384 e. The van der Waals surface area contributed by atoms with Crippen molar-refractivity contribution in [2.45, 2.75) is 24.2 Å². The highest BCUT2D eigenvalue weighted by Gasteiger charge is 2.22. The number of halogens is 2. The summed E-state index contributed by atoms with van der Waals surface area (Å²) in [5.74, 6) is -0.293. The van der Waals surface area contributed by atoms with E-state index < -0.39 is 20.7 Å². The molecule has 2 N–H and O–H groups in total. The summed E-state index contributed by atoms with van der Waals surface area (Å²) in [7, 11) is -4.09. The smallest absolute Gasteiger partial charge is 0.266 e. The predicted molar refractivity (Wildman–Crippen MR) is 101 cm³/mol. The van der Waals surface area contributed by atoms with Crippen LogP contribution in [0.25, 0.3) is 0 Å². The van der Waals surface area contributed by atoms with Crippen LogP contribution in [0.2, 0.25) is 5.02 Å². The topological polar surface area (TPSA) is 80.3 Å². The first-order valence-corrected chi connectivity index (χ1v) is 10.9. The minimum atomic E-state index is -4.09. The summed E-state index contributed by atoms with van der Waals surface area (Å²) < 4.78 is 46.6. The Balaban J connectivity index is 1.63. The maximum absolute atomic E-state index is 14.4. The van der Waals surface area contributed by atoms with Crippen molar-refractivity contribution in [1.82, 2.24) is 4.98 Å². The molecule has 1 atom stereocenters. The van der Waals surface area contributed by atoms with Crippen LogP contribution < -0.4 is 10.0 Å². The zero-order chi connectivity index (χ0) is 18.6. The van der Waals surface area contributed by atoms with Gasteiger partial charge in [0.25, 0.3) is 10.0 Å². The quantitative estimate of drug-likeness (QED) is 0.633. The van der Waals surface area contributed by atoms with Gasteiger partial charge < -0.3 is 10.1 Å². The van der Waals surface area contributed by atoms with E-state index in [1.807, 2.05) is 0 Å². The molecule has 1 aromatic heterocycles.